The number of carbonyl (C=O) groups excluding carboxylic acids is 1. The van der Waals surface area contributed by atoms with Crippen molar-refractivity contribution in [2.24, 2.45) is 11.8 Å². The molecule has 3 atom stereocenters. The maximum Gasteiger partial charge on any atom is 0.410 e. The van der Waals surface area contributed by atoms with E-state index in [1.165, 1.54) is 11.1 Å². The molecule has 0 spiro atoms. The zero-order chi connectivity index (χ0) is 21.0. The van der Waals surface area contributed by atoms with Gasteiger partial charge in [-0.3, -0.25) is 4.90 Å². The number of amides is 1. The predicted molar refractivity (Wildman–Crippen MR) is 119 cm³/mol. The number of hydrogen-bond donors (Lipinski definition) is 0. The fourth-order valence-electron chi connectivity index (χ4n) is 4.00. The zero-order valence-corrected chi connectivity index (χ0v) is 18.3. The number of rotatable bonds is 4. The van der Waals surface area contributed by atoms with Gasteiger partial charge in [-0.2, -0.15) is 0 Å². The summed E-state index contributed by atoms with van der Waals surface area (Å²) in [5.74, 6) is 0.676. The van der Waals surface area contributed by atoms with E-state index in [0.717, 1.165) is 19.6 Å². The Morgan fingerprint density at radius 3 is 2.59 bits per heavy atom. The second kappa shape index (κ2) is 9.00. The fourth-order valence-corrected chi connectivity index (χ4v) is 4.00. The van der Waals surface area contributed by atoms with Gasteiger partial charge in [0.25, 0.3) is 0 Å². The molecule has 0 aromatic heterocycles. The Bertz CT molecular complexity index is 789. The molecule has 1 aliphatic heterocycles. The number of allylic oxidation sites excluding steroid dienone is 5. The molecule has 0 saturated carbocycles. The molecule has 156 valence electrons. The number of carbonyl (C=O) groups is 1. The third-order valence-corrected chi connectivity index (χ3v) is 5.52. The quantitative estimate of drug-likeness (QED) is 0.717. The minimum atomic E-state index is -0.497. The van der Waals surface area contributed by atoms with E-state index in [4.69, 9.17) is 4.74 Å². The first kappa shape index (κ1) is 21.4. The topological polar surface area (TPSA) is 32.8 Å². The summed E-state index contributed by atoms with van der Waals surface area (Å²) < 4.78 is 5.66. The maximum atomic E-state index is 12.8. The Hall–Kier alpha value is -2.33. The first-order valence-corrected chi connectivity index (χ1v) is 10.5. The molecule has 2 aliphatic rings. The Morgan fingerprint density at radius 1 is 1.17 bits per heavy atom. The monoisotopic (exact) mass is 394 g/mol. The highest BCUT2D eigenvalue weighted by molar-refractivity contribution is 5.68. The Labute approximate surface area is 175 Å². The highest BCUT2D eigenvalue weighted by Crippen LogP contribution is 2.31. The van der Waals surface area contributed by atoms with Crippen LogP contribution in [0.4, 0.5) is 4.79 Å². The summed E-state index contributed by atoms with van der Waals surface area (Å²) in [7, 11) is 1.87. The van der Waals surface area contributed by atoms with E-state index in [2.05, 4.69) is 66.5 Å². The number of ether oxygens (including phenoxy) is 1. The smallest absolute Gasteiger partial charge is 0.410 e. The molecule has 0 bridgehead atoms. The van der Waals surface area contributed by atoms with Crippen molar-refractivity contribution >= 4 is 6.09 Å². The van der Waals surface area contributed by atoms with E-state index in [-0.39, 0.29) is 18.1 Å². The lowest BCUT2D eigenvalue weighted by Gasteiger charge is -2.31. The molecule has 4 nitrogen and oxygen atoms in total. The van der Waals surface area contributed by atoms with Gasteiger partial charge < -0.3 is 9.64 Å². The normalized spacial score (nSPS) is 24.9. The highest BCUT2D eigenvalue weighted by Gasteiger charge is 2.39. The van der Waals surface area contributed by atoms with Gasteiger partial charge in [-0.1, -0.05) is 67.6 Å². The molecule has 0 N–H and O–H groups in total. The average Bonchev–Trinajstić information content (AvgIpc) is 2.94. The molecule has 1 aromatic rings. The lowest BCUT2D eigenvalue weighted by molar-refractivity contribution is 0.0207. The molecular formula is C25H34N2O2. The molecule has 4 heteroatoms. The van der Waals surface area contributed by atoms with Crippen LogP contribution in [-0.4, -0.2) is 47.7 Å². The third kappa shape index (κ3) is 5.83. The van der Waals surface area contributed by atoms with E-state index >= 15 is 0 Å². The maximum absolute atomic E-state index is 12.8. The molecule has 3 rings (SSSR count). The number of likely N-dealkylation sites (N-methyl/N-ethyl adjacent to an activating group) is 1. The van der Waals surface area contributed by atoms with E-state index in [0.29, 0.717) is 5.92 Å². The van der Waals surface area contributed by atoms with Crippen LogP contribution in [0.5, 0.6) is 0 Å². The van der Waals surface area contributed by atoms with Crippen LogP contribution in [0, 0.1) is 11.8 Å². The minimum Gasteiger partial charge on any atom is -0.444 e. The van der Waals surface area contributed by atoms with Crippen LogP contribution in [0.15, 0.2) is 66.3 Å². The van der Waals surface area contributed by atoms with Crippen molar-refractivity contribution in [2.45, 2.75) is 45.9 Å². The van der Waals surface area contributed by atoms with E-state index in [1.807, 2.05) is 33.9 Å². The van der Waals surface area contributed by atoms with Crippen molar-refractivity contribution in [3.63, 3.8) is 0 Å². The molecule has 1 fully saturated rings. The van der Waals surface area contributed by atoms with Crippen molar-refractivity contribution in [3.8, 4) is 0 Å². The third-order valence-electron chi connectivity index (χ3n) is 5.52. The van der Waals surface area contributed by atoms with E-state index < -0.39 is 5.60 Å². The lowest BCUT2D eigenvalue weighted by Crippen LogP contribution is -2.45. The molecule has 1 saturated heterocycles. The largest absolute Gasteiger partial charge is 0.444 e. The fraction of sp³-hybridized carbons (Fsp3) is 0.480. The second-order valence-corrected chi connectivity index (χ2v) is 9.21. The molecule has 1 aliphatic carbocycles. The van der Waals surface area contributed by atoms with Crippen LogP contribution in [0.2, 0.25) is 0 Å². The summed E-state index contributed by atoms with van der Waals surface area (Å²) in [5.41, 5.74) is 2.08. The molecular weight excluding hydrogens is 360 g/mol. The van der Waals surface area contributed by atoms with Gasteiger partial charge in [0.1, 0.15) is 5.60 Å². The van der Waals surface area contributed by atoms with Crippen LogP contribution in [0.25, 0.3) is 0 Å². The van der Waals surface area contributed by atoms with Gasteiger partial charge in [-0.05, 0) is 37.8 Å². The van der Waals surface area contributed by atoms with Crippen LogP contribution < -0.4 is 0 Å². The molecule has 0 radical (unpaired) electrons. The van der Waals surface area contributed by atoms with Crippen molar-refractivity contribution in [1.29, 1.82) is 0 Å². The van der Waals surface area contributed by atoms with Crippen molar-refractivity contribution in [3.05, 3.63) is 71.8 Å². The van der Waals surface area contributed by atoms with Crippen molar-refractivity contribution in [1.82, 2.24) is 9.80 Å². The Morgan fingerprint density at radius 2 is 1.90 bits per heavy atom. The predicted octanol–water partition coefficient (Wildman–Crippen LogP) is 5.04. The second-order valence-electron chi connectivity index (χ2n) is 9.21. The number of hydrogen-bond acceptors (Lipinski definition) is 3. The standard InChI is InChI=1S/C25H34N2O2/c1-19-10-9-13-21(15-14-19)22-17-27(16-20-11-7-6-8-12-20)18-23(22)26(5)24(28)29-25(2,3)4/h6-15,19,22-23H,16-18H2,1-5H3/t19?,22-,23+/m1/s1. The number of benzene rings is 1. The average molecular weight is 395 g/mol. The summed E-state index contributed by atoms with van der Waals surface area (Å²) in [5, 5.41) is 0. The SMILES string of the molecule is CC1C=CC=C([C@H]2CN(Cc3ccccc3)C[C@@H]2N(C)C(=O)OC(C)(C)C)C=C1. The van der Waals surface area contributed by atoms with Crippen molar-refractivity contribution in [2.75, 3.05) is 20.1 Å². The first-order valence-electron chi connectivity index (χ1n) is 10.5. The van der Waals surface area contributed by atoms with Gasteiger partial charge in [0.2, 0.25) is 0 Å². The molecule has 1 heterocycles. The number of nitrogens with zero attached hydrogens (tertiary/aromatic N) is 2. The Kier molecular flexibility index (Phi) is 6.63. The first-order chi connectivity index (χ1) is 13.7. The van der Waals surface area contributed by atoms with E-state index in [1.54, 1.807) is 4.90 Å². The van der Waals surface area contributed by atoms with Crippen molar-refractivity contribution < 1.29 is 9.53 Å². The van der Waals surface area contributed by atoms with Gasteiger partial charge >= 0.3 is 6.09 Å². The van der Waals surface area contributed by atoms with Gasteiger partial charge in [-0.15, -0.1) is 0 Å². The van der Waals surface area contributed by atoms with Crippen LogP contribution in [-0.2, 0) is 11.3 Å². The van der Waals surface area contributed by atoms with Gasteiger partial charge in [0.15, 0.2) is 0 Å². The van der Waals surface area contributed by atoms with Gasteiger partial charge in [-0.25, -0.2) is 4.79 Å². The summed E-state index contributed by atoms with van der Waals surface area (Å²) in [6.07, 6.45) is 10.8. The summed E-state index contributed by atoms with van der Waals surface area (Å²) >= 11 is 0. The van der Waals surface area contributed by atoms with Crippen LogP contribution in [0.1, 0.15) is 33.3 Å². The minimum absolute atomic E-state index is 0.0752. The van der Waals surface area contributed by atoms with E-state index in [9.17, 15) is 4.79 Å². The zero-order valence-electron chi connectivity index (χ0n) is 18.3. The van der Waals surface area contributed by atoms with Crippen LogP contribution >= 0.6 is 0 Å². The molecule has 1 aromatic carbocycles. The summed E-state index contributed by atoms with van der Waals surface area (Å²) in [6, 6.07) is 10.6. The summed E-state index contributed by atoms with van der Waals surface area (Å²) in [4.78, 5) is 17.0. The Balaban J connectivity index is 1.81. The lowest BCUT2D eigenvalue weighted by atomic mass is 9.92. The summed E-state index contributed by atoms with van der Waals surface area (Å²) in [6.45, 7) is 10.6. The van der Waals surface area contributed by atoms with Crippen LogP contribution in [0.3, 0.4) is 0 Å². The molecule has 1 amide bonds. The molecule has 29 heavy (non-hydrogen) atoms. The number of likely N-dealkylation sites (tertiary alicyclic amines) is 1. The highest BCUT2D eigenvalue weighted by atomic mass is 16.6. The van der Waals surface area contributed by atoms with Gasteiger partial charge in [0.05, 0.1) is 6.04 Å². The van der Waals surface area contributed by atoms with Gasteiger partial charge in [0, 0.05) is 32.6 Å². The molecule has 1 unspecified atom stereocenters.